The van der Waals surface area contributed by atoms with Crippen LogP contribution in [0, 0.1) is 12.8 Å². The lowest BCUT2D eigenvalue weighted by Gasteiger charge is -2.29. The van der Waals surface area contributed by atoms with Gasteiger partial charge in [0.25, 0.3) is 0 Å². The molecular weight excluding hydrogens is 210 g/mol. The Kier molecular flexibility index (Phi) is 4.51. The molecule has 17 heavy (non-hydrogen) atoms. The van der Waals surface area contributed by atoms with Crippen molar-refractivity contribution in [3.63, 3.8) is 0 Å². The number of aryl methyl sites for hydroxylation is 1. The van der Waals surface area contributed by atoms with Crippen molar-refractivity contribution in [1.29, 1.82) is 0 Å². The zero-order valence-electron chi connectivity index (χ0n) is 10.9. The van der Waals surface area contributed by atoms with E-state index in [0.29, 0.717) is 0 Å². The van der Waals surface area contributed by atoms with Crippen LogP contribution >= 0.6 is 0 Å². The number of hydrogen-bond donors (Lipinski definition) is 1. The van der Waals surface area contributed by atoms with Gasteiger partial charge in [0.05, 0.1) is 0 Å². The maximum Gasteiger partial charge on any atom is 0.0372 e. The van der Waals surface area contributed by atoms with Gasteiger partial charge in [0.1, 0.15) is 0 Å². The van der Waals surface area contributed by atoms with E-state index in [0.717, 1.165) is 24.7 Å². The van der Waals surface area contributed by atoms with E-state index >= 15 is 0 Å². The average molecular weight is 233 g/mol. The molecule has 1 N–H and O–H groups in total. The number of pyridine rings is 1. The summed E-state index contributed by atoms with van der Waals surface area (Å²) in [5, 5.41) is 3.54. The number of likely N-dealkylation sites (tertiary alicyclic amines) is 1. The largest absolute Gasteiger partial charge is 0.312 e. The van der Waals surface area contributed by atoms with E-state index in [9.17, 15) is 0 Å². The summed E-state index contributed by atoms with van der Waals surface area (Å²) in [6.07, 6.45) is 4.67. The van der Waals surface area contributed by atoms with Gasteiger partial charge in [-0.2, -0.15) is 0 Å². The van der Waals surface area contributed by atoms with Crippen molar-refractivity contribution in [3.05, 3.63) is 29.6 Å². The average Bonchev–Trinajstić information content (AvgIpc) is 2.32. The lowest BCUT2D eigenvalue weighted by Crippen LogP contribution is -2.37. The van der Waals surface area contributed by atoms with Gasteiger partial charge >= 0.3 is 0 Å². The van der Waals surface area contributed by atoms with Gasteiger partial charge in [-0.05, 0) is 57.5 Å². The van der Waals surface area contributed by atoms with Crippen LogP contribution in [0.3, 0.4) is 0 Å². The fourth-order valence-electron chi connectivity index (χ4n) is 2.46. The van der Waals surface area contributed by atoms with Crippen LogP contribution in [0.5, 0.6) is 0 Å². The number of piperidine rings is 1. The van der Waals surface area contributed by atoms with Crippen LogP contribution < -0.4 is 5.32 Å². The molecule has 0 radical (unpaired) electrons. The predicted molar refractivity (Wildman–Crippen MR) is 70.9 cm³/mol. The van der Waals surface area contributed by atoms with Gasteiger partial charge in [0.15, 0.2) is 0 Å². The Morgan fingerprint density at radius 1 is 1.47 bits per heavy atom. The van der Waals surface area contributed by atoms with E-state index < -0.39 is 0 Å². The molecule has 0 aromatic carbocycles. The first kappa shape index (κ1) is 12.5. The minimum atomic E-state index is 0.812. The van der Waals surface area contributed by atoms with Crippen LogP contribution in [0.25, 0.3) is 0 Å². The van der Waals surface area contributed by atoms with Crippen molar-refractivity contribution >= 4 is 0 Å². The van der Waals surface area contributed by atoms with E-state index in [1.54, 1.807) is 0 Å². The monoisotopic (exact) mass is 233 g/mol. The predicted octanol–water partition coefficient (Wildman–Crippen LogP) is 1.82. The minimum Gasteiger partial charge on any atom is -0.312 e. The second-order valence-electron chi connectivity index (χ2n) is 5.21. The summed E-state index contributed by atoms with van der Waals surface area (Å²) >= 11 is 0. The van der Waals surface area contributed by atoms with Gasteiger partial charge in [-0.1, -0.05) is 6.07 Å². The molecule has 3 heteroatoms. The number of hydrogen-bond acceptors (Lipinski definition) is 3. The Hall–Kier alpha value is -0.930. The molecule has 1 aromatic heterocycles. The summed E-state index contributed by atoms with van der Waals surface area (Å²) in [5.41, 5.74) is 2.36. The molecule has 0 spiro atoms. The summed E-state index contributed by atoms with van der Waals surface area (Å²) in [4.78, 5) is 6.74. The molecule has 1 aliphatic heterocycles. The molecule has 2 heterocycles. The molecule has 94 valence electrons. The fourth-order valence-corrected chi connectivity index (χ4v) is 2.46. The van der Waals surface area contributed by atoms with Crippen molar-refractivity contribution < 1.29 is 0 Å². The molecule has 0 amide bonds. The summed E-state index contributed by atoms with van der Waals surface area (Å²) in [6.45, 7) is 6.58. The van der Waals surface area contributed by atoms with Crippen molar-refractivity contribution in [2.75, 3.05) is 26.7 Å². The van der Waals surface area contributed by atoms with Crippen molar-refractivity contribution in [2.45, 2.75) is 26.3 Å². The third-order valence-electron chi connectivity index (χ3n) is 3.46. The molecule has 3 nitrogen and oxygen atoms in total. The van der Waals surface area contributed by atoms with Gasteiger partial charge in [0, 0.05) is 25.0 Å². The first-order valence-corrected chi connectivity index (χ1v) is 6.55. The fraction of sp³-hybridized carbons (Fsp3) is 0.643. The smallest absolute Gasteiger partial charge is 0.0372 e. The molecule has 1 saturated heterocycles. The molecule has 0 saturated carbocycles. The van der Waals surface area contributed by atoms with Crippen LogP contribution in [0.15, 0.2) is 18.3 Å². The van der Waals surface area contributed by atoms with Crippen molar-refractivity contribution in [2.24, 2.45) is 5.92 Å². The Morgan fingerprint density at radius 3 is 3.06 bits per heavy atom. The first-order valence-electron chi connectivity index (χ1n) is 6.55. The number of nitrogens with zero attached hydrogens (tertiary/aromatic N) is 2. The molecule has 1 unspecified atom stereocenters. The second-order valence-corrected chi connectivity index (χ2v) is 5.21. The zero-order valence-corrected chi connectivity index (χ0v) is 10.9. The standard InChI is InChI=1S/C14H23N3/c1-12-5-6-13(10-16-12)8-15-9-14-4-3-7-17(2)11-14/h5-6,10,14-15H,3-4,7-9,11H2,1-2H3. The van der Waals surface area contributed by atoms with Crippen molar-refractivity contribution in [1.82, 2.24) is 15.2 Å². The molecular formula is C14H23N3. The van der Waals surface area contributed by atoms with Crippen LogP contribution in [0.1, 0.15) is 24.1 Å². The lowest BCUT2D eigenvalue weighted by molar-refractivity contribution is 0.206. The van der Waals surface area contributed by atoms with Crippen LogP contribution in [-0.2, 0) is 6.54 Å². The zero-order chi connectivity index (χ0) is 12.1. The summed E-state index contributed by atoms with van der Waals surface area (Å²) in [7, 11) is 2.22. The highest BCUT2D eigenvalue weighted by Gasteiger charge is 2.16. The van der Waals surface area contributed by atoms with E-state index in [1.807, 2.05) is 13.1 Å². The van der Waals surface area contributed by atoms with Gasteiger partial charge in [-0.3, -0.25) is 4.98 Å². The Morgan fingerprint density at radius 2 is 2.35 bits per heavy atom. The Bertz CT molecular complexity index is 334. The van der Waals surface area contributed by atoms with E-state index in [4.69, 9.17) is 0 Å². The Labute approximate surface area is 104 Å². The summed E-state index contributed by atoms with van der Waals surface area (Å²) in [5.74, 6) is 0.812. The van der Waals surface area contributed by atoms with Crippen LogP contribution in [-0.4, -0.2) is 36.6 Å². The van der Waals surface area contributed by atoms with Crippen molar-refractivity contribution in [3.8, 4) is 0 Å². The molecule has 1 aliphatic rings. The quantitative estimate of drug-likeness (QED) is 0.860. The maximum absolute atomic E-state index is 4.31. The first-order chi connectivity index (χ1) is 8.24. The van der Waals surface area contributed by atoms with Gasteiger partial charge in [-0.25, -0.2) is 0 Å². The van der Waals surface area contributed by atoms with Gasteiger partial charge < -0.3 is 10.2 Å². The molecule has 1 fully saturated rings. The Balaban J connectivity index is 1.70. The third-order valence-corrected chi connectivity index (χ3v) is 3.46. The highest BCUT2D eigenvalue weighted by atomic mass is 15.1. The highest BCUT2D eigenvalue weighted by Crippen LogP contribution is 2.14. The molecule has 1 atom stereocenters. The molecule has 1 aromatic rings. The molecule has 2 rings (SSSR count). The van der Waals surface area contributed by atoms with E-state index in [-0.39, 0.29) is 0 Å². The SMILES string of the molecule is Cc1ccc(CNCC2CCCN(C)C2)cn1. The molecule has 0 bridgehead atoms. The van der Waals surface area contributed by atoms with E-state index in [1.165, 1.54) is 31.5 Å². The van der Waals surface area contributed by atoms with Crippen LogP contribution in [0.2, 0.25) is 0 Å². The maximum atomic E-state index is 4.31. The van der Waals surface area contributed by atoms with Crippen LogP contribution in [0.4, 0.5) is 0 Å². The minimum absolute atomic E-state index is 0.812. The summed E-state index contributed by atoms with van der Waals surface area (Å²) in [6, 6.07) is 4.23. The van der Waals surface area contributed by atoms with E-state index in [2.05, 4.69) is 34.4 Å². The number of rotatable bonds is 4. The third kappa shape index (κ3) is 4.10. The van der Waals surface area contributed by atoms with Gasteiger partial charge in [-0.15, -0.1) is 0 Å². The number of aromatic nitrogens is 1. The normalized spacial score (nSPS) is 21.6. The molecule has 0 aliphatic carbocycles. The second kappa shape index (κ2) is 6.12. The summed E-state index contributed by atoms with van der Waals surface area (Å²) < 4.78 is 0. The highest BCUT2D eigenvalue weighted by molar-refractivity contribution is 5.12. The number of nitrogens with one attached hydrogen (secondary N) is 1. The topological polar surface area (TPSA) is 28.2 Å². The lowest BCUT2D eigenvalue weighted by atomic mass is 9.98. The van der Waals surface area contributed by atoms with Gasteiger partial charge in [0.2, 0.25) is 0 Å².